The van der Waals surface area contributed by atoms with Crippen molar-refractivity contribution >= 4 is 23.2 Å². The predicted molar refractivity (Wildman–Crippen MR) is 126 cm³/mol. The Morgan fingerprint density at radius 1 is 1.21 bits per heavy atom. The summed E-state index contributed by atoms with van der Waals surface area (Å²) in [6.45, 7) is 4.31. The summed E-state index contributed by atoms with van der Waals surface area (Å²) in [5.41, 5.74) is 2.62. The highest BCUT2D eigenvalue weighted by Gasteiger charge is 2.61. The smallest absolute Gasteiger partial charge is 0.242 e. The maximum atomic E-state index is 13.9. The summed E-state index contributed by atoms with van der Waals surface area (Å²) in [4.78, 5) is 18.0. The Kier molecular flexibility index (Phi) is 4.89. The van der Waals surface area contributed by atoms with Gasteiger partial charge in [-0.25, -0.2) is 14.1 Å². The Balaban J connectivity index is 1.27. The van der Waals surface area contributed by atoms with Crippen molar-refractivity contribution in [3.63, 3.8) is 0 Å². The van der Waals surface area contributed by atoms with E-state index in [0.29, 0.717) is 18.4 Å². The fraction of sp³-hybridized carbons (Fsp3) is 0.520. The number of anilines is 1. The van der Waals surface area contributed by atoms with Gasteiger partial charge < -0.3 is 5.32 Å². The van der Waals surface area contributed by atoms with Gasteiger partial charge in [0.2, 0.25) is 11.2 Å². The summed E-state index contributed by atoms with van der Waals surface area (Å²) in [6.07, 6.45) is 7.55. The predicted octanol–water partition coefficient (Wildman–Crippen LogP) is 4.87. The van der Waals surface area contributed by atoms with E-state index in [1.54, 1.807) is 12.4 Å². The number of aromatic nitrogens is 5. The van der Waals surface area contributed by atoms with Gasteiger partial charge in [0.25, 0.3) is 0 Å². The van der Waals surface area contributed by atoms with E-state index < -0.39 is 5.41 Å². The van der Waals surface area contributed by atoms with Crippen LogP contribution in [-0.2, 0) is 16.9 Å². The number of nitrogens with one attached hydrogen (secondary N) is 1. The largest absolute Gasteiger partial charge is 0.322 e. The highest BCUT2D eigenvalue weighted by Crippen LogP contribution is 2.64. The van der Waals surface area contributed by atoms with E-state index in [-0.39, 0.29) is 22.5 Å². The fourth-order valence-corrected chi connectivity index (χ4v) is 7.43. The van der Waals surface area contributed by atoms with Crippen molar-refractivity contribution in [2.24, 2.45) is 17.3 Å². The number of carbonyl (C=O) groups excluding carboxylic acids is 1. The summed E-state index contributed by atoms with van der Waals surface area (Å²) in [5, 5.41) is 12.6. The van der Waals surface area contributed by atoms with Crippen molar-refractivity contribution in [3.8, 4) is 0 Å². The summed E-state index contributed by atoms with van der Waals surface area (Å²) in [5.74, 6) is 0.825. The Labute approximate surface area is 202 Å². The van der Waals surface area contributed by atoms with Gasteiger partial charge in [-0.15, -0.1) is 5.10 Å². The minimum atomic E-state index is -0.425. The minimum absolute atomic E-state index is 0.0775. The number of hydrogen-bond donors (Lipinski definition) is 1. The molecule has 9 heteroatoms. The average Bonchev–Trinajstić information content (AvgIpc) is 3.32. The quantitative estimate of drug-likeness (QED) is 0.563. The molecular weight excluding hydrogens is 455 g/mol. The molecule has 4 aliphatic rings. The second-order valence-electron chi connectivity index (χ2n) is 10.7. The number of hydrogen-bond acceptors (Lipinski definition) is 4. The lowest BCUT2D eigenvalue weighted by molar-refractivity contribution is -0.150. The highest BCUT2D eigenvalue weighted by molar-refractivity contribution is 6.28. The van der Waals surface area contributed by atoms with E-state index in [4.69, 9.17) is 11.6 Å². The highest BCUT2D eigenvalue weighted by atomic mass is 35.5. The van der Waals surface area contributed by atoms with Crippen molar-refractivity contribution in [2.75, 3.05) is 5.32 Å². The van der Waals surface area contributed by atoms with Crippen LogP contribution in [0.3, 0.4) is 0 Å². The maximum Gasteiger partial charge on any atom is 0.242 e. The van der Waals surface area contributed by atoms with Crippen molar-refractivity contribution < 1.29 is 9.18 Å². The first-order valence-corrected chi connectivity index (χ1v) is 12.3. The third-order valence-corrected chi connectivity index (χ3v) is 8.48. The number of rotatable bonds is 5. The third-order valence-electron chi connectivity index (χ3n) is 8.30. The normalized spacial score (nSPS) is 29.5. The van der Waals surface area contributed by atoms with Crippen LogP contribution in [0.1, 0.15) is 55.5 Å². The molecule has 4 fully saturated rings. The number of amides is 1. The van der Waals surface area contributed by atoms with Crippen molar-refractivity contribution in [1.82, 2.24) is 24.5 Å². The van der Waals surface area contributed by atoms with E-state index in [1.807, 2.05) is 29.3 Å². The lowest BCUT2D eigenvalue weighted by atomic mass is 9.46. The van der Waals surface area contributed by atoms with E-state index in [9.17, 15) is 9.18 Å². The molecule has 0 saturated heterocycles. The molecule has 1 N–H and O–H groups in total. The molecule has 0 radical (unpaired) electrons. The first kappa shape index (κ1) is 21.8. The fourth-order valence-electron chi connectivity index (χ4n) is 7.31. The zero-order chi connectivity index (χ0) is 23.7. The first-order valence-electron chi connectivity index (χ1n) is 11.9. The number of carbonyl (C=O) groups is 1. The van der Waals surface area contributed by atoms with Crippen LogP contribution in [0.15, 0.2) is 30.6 Å². The maximum absolute atomic E-state index is 13.9. The van der Waals surface area contributed by atoms with Gasteiger partial charge in [-0.2, -0.15) is 5.10 Å². The molecule has 7 nitrogen and oxygen atoms in total. The second-order valence-corrected chi connectivity index (χ2v) is 11.0. The van der Waals surface area contributed by atoms with Crippen LogP contribution >= 0.6 is 11.6 Å². The van der Waals surface area contributed by atoms with Gasteiger partial charge >= 0.3 is 0 Å². The second kappa shape index (κ2) is 7.63. The summed E-state index contributed by atoms with van der Waals surface area (Å²) < 4.78 is 17.4. The Morgan fingerprint density at radius 3 is 2.65 bits per heavy atom. The van der Waals surface area contributed by atoms with Crippen LogP contribution in [0, 0.1) is 36.9 Å². The van der Waals surface area contributed by atoms with E-state index in [0.717, 1.165) is 54.7 Å². The molecule has 7 rings (SSSR count). The molecule has 1 aromatic carbocycles. The lowest BCUT2D eigenvalue weighted by Crippen LogP contribution is -2.60. The monoisotopic (exact) mass is 482 g/mol. The summed E-state index contributed by atoms with van der Waals surface area (Å²) in [6, 6.07) is 6.52. The Hall–Kier alpha value is -2.74. The topological polar surface area (TPSA) is 77.6 Å². The molecule has 1 amide bonds. The van der Waals surface area contributed by atoms with Crippen LogP contribution in [0.4, 0.5) is 10.1 Å². The van der Waals surface area contributed by atoms with E-state index in [2.05, 4.69) is 20.5 Å². The average molecular weight is 483 g/mol. The summed E-state index contributed by atoms with van der Waals surface area (Å²) in [7, 11) is 0. The molecule has 4 saturated carbocycles. The number of benzene rings is 1. The number of nitrogens with zero attached hydrogens (tertiary/aromatic N) is 5. The van der Waals surface area contributed by atoms with E-state index >= 15 is 0 Å². The molecule has 2 unspecified atom stereocenters. The standard InChI is InChI=1S/C25H28ClFN6O/c1-15-21(16(2)32(30-15)12-17-4-3-5-20(27)7-17)29-22(34)24-8-18-6-19(9-24)11-25(10-18,13-24)33-14-28-23(26)31-33/h3-5,7,14,18-19H,6,8-13H2,1-2H3,(H,29,34). The van der Waals surface area contributed by atoms with Crippen LogP contribution in [0.5, 0.6) is 0 Å². The summed E-state index contributed by atoms with van der Waals surface area (Å²) >= 11 is 6.06. The molecule has 2 heterocycles. The molecule has 3 aromatic rings. The molecule has 0 aliphatic heterocycles. The van der Waals surface area contributed by atoms with Crippen LogP contribution in [0.25, 0.3) is 0 Å². The molecular formula is C25H28ClFN6O. The third kappa shape index (κ3) is 3.45. The zero-order valence-corrected chi connectivity index (χ0v) is 20.1. The molecule has 2 aromatic heterocycles. The number of aryl methyl sites for hydroxylation is 1. The molecule has 34 heavy (non-hydrogen) atoms. The van der Waals surface area contributed by atoms with Gasteiger partial charge in [-0.3, -0.25) is 9.48 Å². The molecule has 4 bridgehead atoms. The van der Waals surface area contributed by atoms with Crippen LogP contribution in [-0.4, -0.2) is 30.5 Å². The van der Waals surface area contributed by atoms with Gasteiger partial charge in [0.1, 0.15) is 12.1 Å². The molecule has 4 aliphatic carbocycles. The zero-order valence-electron chi connectivity index (χ0n) is 19.4. The van der Waals surface area contributed by atoms with Gasteiger partial charge in [0, 0.05) is 0 Å². The van der Waals surface area contributed by atoms with Crippen molar-refractivity contribution in [1.29, 1.82) is 0 Å². The van der Waals surface area contributed by atoms with Gasteiger partial charge in [0.05, 0.1) is 34.6 Å². The minimum Gasteiger partial charge on any atom is -0.322 e. The van der Waals surface area contributed by atoms with Crippen molar-refractivity contribution in [2.45, 2.75) is 64.5 Å². The molecule has 0 spiro atoms. The number of halogens is 2. The van der Waals surface area contributed by atoms with Crippen LogP contribution < -0.4 is 5.32 Å². The Morgan fingerprint density at radius 2 is 1.97 bits per heavy atom. The van der Waals surface area contributed by atoms with Gasteiger partial charge in [-0.1, -0.05) is 12.1 Å². The van der Waals surface area contributed by atoms with Gasteiger partial charge in [-0.05, 0) is 93.5 Å². The van der Waals surface area contributed by atoms with Gasteiger partial charge in [0.15, 0.2) is 0 Å². The van der Waals surface area contributed by atoms with Crippen LogP contribution in [0.2, 0.25) is 5.28 Å². The SMILES string of the molecule is Cc1nn(Cc2cccc(F)c2)c(C)c1NC(=O)C12CC3CC(C1)CC(n1cnc(Cl)n1)(C3)C2. The Bertz CT molecular complexity index is 1270. The molecule has 2 atom stereocenters. The lowest BCUT2D eigenvalue weighted by Gasteiger charge is -2.60. The first-order chi connectivity index (χ1) is 16.3. The van der Waals surface area contributed by atoms with E-state index in [1.165, 1.54) is 18.6 Å². The molecule has 178 valence electrons. The van der Waals surface area contributed by atoms with Crippen molar-refractivity contribution in [3.05, 3.63) is 58.6 Å².